The van der Waals surface area contributed by atoms with Crippen LogP contribution in [0.1, 0.15) is 17.3 Å². The maximum absolute atomic E-state index is 12.3. The van der Waals surface area contributed by atoms with Crippen molar-refractivity contribution >= 4 is 40.8 Å². The Morgan fingerprint density at radius 1 is 0.929 bits per heavy atom. The normalized spacial score (nSPS) is 11.4. The number of carbonyl (C=O) groups excluding carboxylic acids is 3. The molecule has 1 unspecified atom stereocenters. The lowest BCUT2D eigenvalue weighted by atomic mass is 10.2. The van der Waals surface area contributed by atoms with Gasteiger partial charge in [0.2, 0.25) is 0 Å². The number of amides is 2. The first-order chi connectivity index (χ1) is 13.4. The van der Waals surface area contributed by atoms with Gasteiger partial charge in [-0.25, -0.2) is 4.79 Å². The zero-order valence-corrected chi connectivity index (χ0v) is 16.5. The van der Waals surface area contributed by atoms with Gasteiger partial charge in [-0.15, -0.1) is 0 Å². The van der Waals surface area contributed by atoms with Crippen molar-refractivity contribution in [3.05, 3.63) is 59.1 Å². The van der Waals surface area contributed by atoms with Gasteiger partial charge in [-0.1, -0.05) is 35.9 Å². The van der Waals surface area contributed by atoms with Crippen molar-refractivity contribution in [2.45, 2.75) is 6.92 Å². The van der Waals surface area contributed by atoms with Gasteiger partial charge < -0.3 is 20.3 Å². The lowest BCUT2D eigenvalue weighted by Gasteiger charge is -2.15. The summed E-state index contributed by atoms with van der Waals surface area (Å²) < 4.78 is 4.99. The number of anilines is 2. The SMILES string of the molecule is CCOC(=O)c1ccccc1NC(=O)C[NH+](C)CC(=O)Nc1ccccc1Cl. The second kappa shape index (κ2) is 10.4. The predicted octanol–water partition coefficient (Wildman–Crippen LogP) is 1.61. The molecule has 0 bridgehead atoms. The quantitative estimate of drug-likeness (QED) is 0.583. The predicted molar refractivity (Wildman–Crippen MR) is 108 cm³/mol. The number of hydrogen-bond donors (Lipinski definition) is 3. The topological polar surface area (TPSA) is 88.9 Å². The first kappa shape index (κ1) is 21.4. The van der Waals surface area contributed by atoms with Gasteiger partial charge in [-0.3, -0.25) is 9.59 Å². The van der Waals surface area contributed by atoms with E-state index in [2.05, 4.69) is 10.6 Å². The molecule has 0 aliphatic carbocycles. The van der Waals surface area contributed by atoms with E-state index in [1.54, 1.807) is 62.5 Å². The van der Waals surface area contributed by atoms with Crippen LogP contribution in [-0.4, -0.2) is 44.5 Å². The summed E-state index contributed by atoms with van der Waals surface area (Å²) in [6.07, 6.45) is 0. The minimum atomic E-state index is -0.502. The molecule has 0 fully saturated rings. The maximum atomic E-state index is 12.3. The van der Waals surface area contributed by atoms with Gasteiger partial charge in [0.05, 0.1) is 35.6 Å². The molecule has 0 heterocycles. The van der Waals surface area contributed by atoms with Gasteiger partial charge in [0.1, 0.15) is 0 Å². The summed E-state index contributed by atoms with van der Waals surface area (Å²) >= 11 is 6.02. The number of esters is 1. The van der Waals surface area contributed by atoms with E-state index in [0.717, 1.165) is 0 Å². The molecule has 0 saturated carbocycles. The molecule has 0 aromatic heterocycles. The molecule has 7 nitrogen and oxygen atoms in total. The molecule has 0 aliphatic rings. The van der Waals surface area contributed by atoms with Gasteiger partial charge >= 0.3 is 5.97 Å². The lowest BCUT2D eigenvalue weighted by molar-refractivity contribution is -0.862. The van der Waals surface area contributed by atoms with Gasteiger partial charge in [0.15, 0.2) is 13.1 Å². The molecule has 28 heavy (non-hydrogen) atoms. The number of benzene rings is 2. The molecule has 2 rings (SSSR count). The summed E-state index contributed by atoms with van der Waals surface area (Å²) in [5.41, 5.74) is 1.18. The minimum absolute atomic E-state index is 0.0487. The van der Waals surface area contributed by atoms with Crippen LogP contribution in [0.15, 0.2) is 48.5 Å². The van der Waals surface area contributed by atoms with Crippen LogP contribution in [0.4, 0.5) is 11.4 Å². The highest BCUT2D eigenvalue weighted by molar-refractivity contribution is 6.33. The third-order valence-corrected chi connectivity index (χ3v) is 4.10. The Kier molecular flexibility index (Phi) is 7.98. The third kappa shape index (κ3) is 6.37. The smallest absolute Gasteiger partial charge is 0.340 e. The third-order valence-electron chi connectivity index (χ3n) is 3.77. The summed E-state index contributed by atoms with van der Waals surface area (Å²) in [5.74, 6) is -1.08. The Bertz CT molecular complexity index is 857. The first-order valence-corrected chi connectivity index (χ1v) is 9.20. The maximum Gasteiger partial charge on any atom is 0.340 e. The fraction of sp³-hybridized carbons (Fsp3) is 0.250. The lowest BCUT2D eigenvalue weighted by Crippen LogP contribution is -3.11. The first-order valence-electron chi connectivity index (χ1n) is 8.82. The van der Waals surface area contributed by atoms with E-state index in [1.807, 2.05) is 0 Å². The van der Waals surface area contributed by atoms with Crippen LogP contribution in [0.5, 0.6) is 0 Å². The summed E-state index contributed by atoms with van der Waals surface area (Å²) in [7, 11) is 1.73. The van der Waals surface area contributed by atoms with Crippen LogP contribution in [-0.2, 0) is 14.3 Å². The molecule has 0 saturated heterocycles. The number of ether oxygens (including phenoxy) is 1. The number of rotatable bonds is 8. The van der Waals surface area contributed by atoms with Crippen LogP contribution in [0.25, 0.3) is 0 Å². The Morgan fingerprint density at radius 3 is 2.07 bits per heavy atom. The van der Waals surface area contributed by atoms with Crippen molar-refractivity contribution in [2.24, 2.45) is 0 Å². The Morgan fingerprint density at radius 2 is 1.46 bits per heavy atom. The molecule has 0 radical (unpaired) electrons. The van der Waals surface area contributed by atoms with E-state index in [-0.39, 0.29) is 37.1 Å². The highest BCUT2D eigenvalue weighted by atomic mass is 35.5. The highest BCUT2D eigenvalue weighted by Gasteiger charge is 2.18. The van der Waals surface area contributed by atoms with E-state index >= 15 is 0 Å². The largest absolute Gasteiger partial charge is 0.462 e. The summed E-state index contributed by atoms with van der Waals surface area (Å²) in [6, 6.07) is 13.5. The van der Waals surface area contributed by atoms with E-state index in [9.17, 15) is 14.4 Å². The van der Waals surface area contributed by atoms with Gasteiger partial charge in [0.25, 0.3) is 11.8 Å². The van der Waals surface area contributed by atoms with Crippen molar-refractivity contribution in [1.82, 2.24) is 0 Å². The van der Waals surface area contributed by atoms with Crippen molar-refractivity contribution in [2.75, 3.05) is 37.4 Å². The van der Waals surface area contributed by atoms with Gasteiger partial charge in [0, 0.05) is 0 Å². The van der Waals surface area contributed by atoms with Crippen molar-refractivity contribution in [3.63, 3.8) is 0 Å². The van der Waals surface area contributed by atoms with Gasteiger partial charge in [-0.05, 0) is 31.2 Å². The number of halogens is 1. The van der Waals surface area contributed by atoms with Crippen LogP contribution in [0.2, 0.25) is 5.02 Å². The average Bonchev–Trinajstić information content (AvgIpc) is 2.64. The summed E-state index contributed by atoms with van der Waals surface area (Å²) in [5, 5.41) is 5.86. The second-order valence-corrected chi connectivity index (χ2v) is 6.56. The zero-order chi connectivity index (χ0) is 20.5. The molecular weight excluding hydrogens is 382 g/mol. The second-order valence-electron chi connectivity index (χ2n) is 6.15. The van der Waals surface area contributed by atoms with Crippen molar-refractivity contribution < 1.29 is 24.0 Å². The van der Waals surface area contributed by atoms with Crippen molar-refractivity contribution in [1.29, 1.82) is 0 Å². The van der Waals surface area contributed by atoms with Crippen LogP contribution >= 0.6 is 11.6 Å². The molecule has 2 aromatic rings. The Hall–Kier alpha value is -2.90. The molecule has 0 spiro atoms. The molecule has 2 aromatic carbocycles. The summed E-state index contributed by atoms with van der Waals surface area (Å²) in [4.78, 5) is 37.1. The molecule has 2 amide bonds. The van der Waals surface area contributed by atoms with E-state index in [0.29, 0.717) is 21.3 Å². The van der Waals surface area contributed by atoms with Crippen LogP contribution in [0, 0.1) is 0 Å². The van der Waals surface area contributed by atoms with E-state index in [4.69, 9.17) is 16.3 Å². The molecule has 8 heteroatoms. The molecule has 3 N–H and O–H groups in total. The number of para-hydroxylation sites is 2. The number of quaternary nitrogens is 1. The van der Waals surface area contributed by atoms with Crippen molar-refractivity contribution in [3.8, 4) is 0 Å². The monoisotopic (exact) mass is 404 g/mol. The molecule has 1 atom stereocenters. The fourth-order valence-corrected chi connectivity index (χ4v) is 2.72. The number of likely N-dealkylation sites (N-methyl/N-ethyl adjacent to an activating group) is 1. The van der Waals surface area contributed by atoms with Crippen LogP contribution in [0.3, 0.4) is 0 Å². The average molecular weight is 405 g/mol. The molecule has 0 aliphatic heterocycles. The van der Waals surface area contributed by atoms with Crippen LogP contribution < -0.4 is 15.5 Å². The standard InChI is InChI=1S/C20H22ClN3O4/c1-3-28-20(27)14-8-4-6-10-16(14)22-18(25)12-24(2)13-19(26)23-17-11-7-5-9-15(17)21/h4-11H,3,12-13H2,1-2H3,(H,22,25)(H,23,26)/p+1. The zero-order valence-electron chi connectivity index (χ0n) is 15.8. The fourth-order valence-electron chi connectivity index (χ4n) is 2.54. The molecular formula is C20H23ClN3O4+. The highest BCUT2D eigenvalue weighted by Crippen LogP contribution is 2.20. The van der Waals surface area contributed by atoms with Gasteiger partial charge in [-0.2, -0.15) is 0 Å². The number of carbonyl (C=O) groups is 3. The molecule has 148 valence electrons. The number of nitrogens with one attached hydrogen (secondary N) is 3. The Labute approximate surface area is 168 Å². The Balaban J connectivity index is 1.90. The van der Waals surface area contributed by atoms with E-state index in [1.165, 1.54) is 0 Å². The van der Waals surface area contributed by atoms with E-state index < -0.39 is 5.97 Å². The minimum Gasteiger partial charge on any atom is -0.462 e. The summed E-state index contributed by atoms with van der Waals surface area (Å²) in [6.45, 7) is 2.09. The number of hydrogen-bond acceptors (Lipinski definition) is 4.